The lowest BCUT2D eigenvalue weighted by atomic mass is 9.73. The number of pyridine rings is 2. The Kier molecular flexibility index (Phi) is 5.46. The maximum atomic E-state index is 12.2. The average Bonchev–Trinajstić information content (AvgIpc) is 3.30. The van der Waals surface area contributed by atoms with Crippen molar-refractivity contribution < 1.29 is 4.79 Å². The molecule has 5 N–H and O–H groups in total. The van der Waals surface area contributed by atoms with Gasteiger partial charge >= 0.3 is 0 Å². The van der Waals surface area contributed by atoms with Crippen molar-refractivity contribution in [2.45, 2.75) is 24.8 Å². The van der Waals surface area contributed by atoms with Crippen molar-refractivity contribution in [2.75, 3.05) is 12.8 Å². The van der Waals surface area contributed by atoms with Crippen LogP contribution in [0.1, 0.15) is 35.2 Å². The molecule has 3 heterocycles. The topological polar surface area (TPSA) is 125 Å². The number of aromatic nitrogens is 4. The zero-order chi connectivity index (χ0) is 25.6. The molecule has 8 nitrogen and oxygen atoms in total. The van der Waals surface area contributed by atoms with Gasteiger partial charge in [0.25, 0.3) is 5.91 Å². The molecule has 6 rings (SSSR count). The van der Waals surface area contributed by atoms with E-state index >= 15 is 0 Å². The number of rotatable bonds is 5. The smallest absolute Gasteiger partial charge is 0.251 e. The summed E-state index contributed by atoms with van der Waals surface area (Å²) in [6.45, 7) is 0. The SMILES string of the molecule is CNC(=O)c1cccc(-c2ccc3nc(-c4cccnc4N)n(-c4ccc(C5(N)CCC5)cc4)c3n2)c1. The molecule has 3 aromatic heterocycles. The van der Waals surface area contributed by atoms with Crippen molar-refractivity contribution in [1.29, 1.82) is 0 Å². The Labute approximate surface area is 214 Å². The molecule has 184 valence electrons. The third kappa shape index (κ3) is 3.91. The summed E-state index contributed by atoms with van der Waals surface area (Å²) >= 11 is 0. The first kappa shape index (κ1) is 22.9. The predicted molar refractivity (Wildman–Crippen MR) is 145 cm³/mol. The van der Waals surface area contributed by atoms with Crippen molar-refractivity contribution >= 4 is 22.9 Å². The molecule has 0 spiro atoms. The molecule has 0 bridgehead atoms. The van der Waals surface area contributed by atoms with Crippen LogP contribution in [0.3, 0.4) is 0 Å². The van der Waals surface area contributed by atoms with Gasteiger partial charge in [0, 0.05) is 35.6 Å². The number of hydrogen-bond acceptors (Lipinski definition) is 6. The largest absolute Gasteiger partial charge is 0.383 e. The molecule has 0 aliphatic heterocycles. The number of nitrogens with one attached hydrogen (secondary N) is 1. The average molecular weight is 490 g/mol. The number of carbonyl (C=O) groups is 1. The van der Waals surface area contributed by atoms with Crippen molar-refractivity contribution in [1.82, 2.24) is 24.8 Å². The fourth-order valence-corrected chi connectivity index (χ4v) is 4.90. The van der Waals surface area contributed by atoms with Crippen LogP contribution < -0.4 is 16.8 Å². The molecule has 8 heteroatoms. The first-order valence-corrected chi connectivity index (χ1v) is 12.3. The second kappa shape index (κ2) is 8.83. The highest BCUT2D eigenvalue weighted by Crippen LogP contribution is 2.39. The third-order valence-corrected chi connectivity index (χ3v) is 7.18. The van der Waals surface area contributed by atoms with Gasteiger partial charge in [-0.25, -0.2) is 15.0 Å². The molecule has 5 aromatic rings. The highest BCUT2D eigenvalue weighted by Gasteiger charge is 2.34. The summed E-state index contributed by atoms with van der Waals surface area (Å²) in [5.74, 6) is 0.902. The van der Waals surface area contributed by atoms with E-state index in [9.17, 15) is 4.79 Å². The third-order valence-electron chi connectivity index (χ3n) is 7.18. The number of imidazole rings is 1. The van der Waals surface area contributed by atoms with Crippen LogP contribution in [0.5, 0.6) is 0 Å². The Morgan fingerprint density at radius 1 is 1.00 bits per heavy atom. The summed E-state index contributed by atoms with van der Waals surface area (Å²) in [6, 6.07) is 23.3. The lowest BCUT2D eigenvalue weighted by Gasteiger charge is -2.38. The Morgan fingerprint density at radius 3 is 2.51 bits per heavy atom. The number of carbonyl (C=O) groups excluding carboxylic acids is 1. The quantitative estimate of drug-likeness (QED) is 0.335. The van der Waals surface area contributed by atoms with E-state index in [2.05, 4.69) is 34.6 Å². The zero-order valence-electron chi connectivity index (χ0n) is 20.5. The summed E-state index contributed by atoms with van der Waals surface area (Å²) in [5.41, 5.74) is 18.9. The maximum absolute atomic E-state index is 12.2. The first-order chi connectivity index (χ1) is 18.0. The molecular weight excluding hydrogens is 462 g/mol. The van der Waals surface area contributed by atoms with Crippen molar-refractivity contribution in [3.63, 3.8) is 0 Å². The highest BCUT2D eigenvalue weighted by atomic mass is 16.1. The minimum absolute atomic E-state index is 0.147. The van der Waals surface area contributed by atoms with Gasteiger partial charge in [0.15, 0.2) is 11.5 Å². The fourth-order valence-electron chi connectivity index (χ4n) is 4.90. The minimum Gasteiger partial charge on any atom is -0.383 e. The van der Waals surface area contributed by atoms with E-state index in [0.717, 1.165) is 52.9 Å². The number of hydrogen-bond donors (Lipinski definition) is 3. The van der Waals surface area contributed by atoms with Crippen LogP contribution >= 0.6 is 0 Å². The molecule has 0 radical (unpaired) electrons. The zero-order valence-corrected chi connectivity index (χ0v) is 20.5. The van der Waals surface area contributed by atoms with Gasteiger partial charge in [-0.1, -0.05) is 24.3 Å². The van der Waals surface area contributed by atoms with E-state index < -0.39 is 0 Å². The van der Waals surface area contributed by atoms with Gasteiger partial charge in [-0.2, -0.15) is 0 Å². The monoisotopic (exact) mass is 489 g/mol. The van der Waals surface area contributed by atoms with Gasteiger partial charge < -0.3 is 16.8 Å². The Hall–Kier alpha value is -4.56. The second-order valence-corrected chi connectivity index (χ2v) is 9.46. The molecule has 0 atom stereocenters. The Balaban J connectivity index is 1.54. The summed E-state index contributed by atoms with van der Waals surface area (Å²) in [5, 5.41) is 2.67. The Morgan fingerprint density at radius 2 is 1.81 bits per heavy atom. The fraction of sp³-hybridized carbons (Fsp3) is 0.172. The van der Waals surface area contributed by atoms with Gasteiger partial charge in [0.1, 0.15) is 11.3 Å². The molecule has 0 unspecified atom stereocenters. The van der Waals surface area contributed by atoms with Crippen LogP contribution in [-0.4, -0.2) is 32.5 Å². The van der Waals surface area contributed by atoms with Crippen LogP contribution in [-0.2, 0) is 5.54 Å². The van der Waals surface area contributed by atoms with Gasteiger partial charge in [-0.15, -0.1) is 0 Å². The number of nitrogens with zero attached hydrogens (tertiary/aromatic N) is 4. The minimum atomic E-state index is -0.243. The van der Waals surface area contributed by atoms with Crippen molar-refractivity contribution in [3.05, 3.63) is 90.1 Å². The number of anilines is 1. The molecule has 1 amide bonds. The molecule has 0 saturated heterocycles. The molecule has 1 aliphatic rings. The molecule has 2 aromatic carbocycles. The molecule has 1 aliphatic carbocycles. The second-order valence-electron chi connectivity index (χ2n) is 9.46. The lowest BCUT2D eigenvalue weighted by molar-refractivity contribution is 0.0963. The molecule has 37 heavy (non-hydrogen) atoms. The first-order valence-electron chi connectivity index (χ1n) is 12.3. The summed E-state index contributed by atoms with van der Waals surface area (Å²) in [4.78, 5) is 26.4. The van der Waals surface area contributed by atoms with Crippen LogP contribution in [0.2, 0.25) is 0 Å². The summed E-state index contributed by atoms with van der Waals surface area (Å²) in [6.07, 6.45) is 4.81. The van der Waals surface area contributed by atoms with Gasteiger partial charge in [0.05, 0.1) is 11.3 Å². The summed E-state index contributed by atoms with van der Waals surface area (Å²) < 4.78 is 2.00. The van der Waals surface area contributed by atoms with E-state index in [1.807, 2.05) is 47.0 Å². The van der Waals surface area contributed by atoms with Crippen LogP contribution in [0, 0.1) is 0 Å². The number of fused-ring (bicyclic) bond motifs is 1. The van der Waals surface area contributed by atoms with E-state index in [1.165, 1.54) is 0 Å². The molecule has 1 saturated carbocycles. The normalized spacial score (nSPS) is 14.3. The van der Waals surface area contributed by atoms with Crippen molar-refractivity contribution in [2.24, 2.45) is 5.73 Å². The molecular formula is C29H27N7O. The van der Waals surface area contributed by atoms with Gasteiger partial charge in [0.2, 0.25) is 0 Å². The van der Waals surface area contributed by atoms with Crippen LogP contribution in [0.4, 0.5) is 5.82 Å². The Bertz CT molecular complexity index is 1630. The predicted octanol–water partition coefficient (Wildman–Crippen LogP) is 4.43. The lowest BCUT2D eigenvalue weighted by Crippen LogP contribution is -2.43. The number of nitrogen functional groups attached to an aromatic ring is 1. The van der Waals surface area contributed by atoms with Gasteiger partial charge in [-0.05, 0) is 73.4 Å². The molecule has 1 fully saturated rings. The summed E-state index contributed by atoms with van der Waals surface area (Å²) in [7, 11) is 1.62. The number of nitrogens with two attached hydrogens (primary N) is 2. The number of amides is 1. The van der Waals surface area contributed by atoms with Crippen LogP contribution in [0.25, 0.3) is 39.5 Å². The number of benzene rings is 2. The highest BCUT2D eigenvalue weighted by molar-refractivity contribution is 5.95. The van der Waals surface area contributed by atoms with E-state index in [-0.39, 0.29) is 11.4 Å². The van der Waals surface area contributed by atoms with Gasteiger partial charge in [-0.3, -0.25) is 9.36 Å². The van der Waals surface area contributed by atoms with Crippen LogP contribution in [0.15, 0.2) is 79.0 Å². The van der Waals surface area contributed by atoms with E-state index in [0.29, 0.717) is 22.9 Å². The van der Waals surface area contributed by atoms with E-state index in [4.69, 9.17) is 21.4 Å². The van der Waals surface area contributed by atoms with Crippen molar-refractivity contribution in [3.8, 4) is 28.3 Å². The standard InChI is InChI=1S/C29H27N7O/c1-32-28(37)19-6-2-5-18(17-19)23-12-13-24-27(34-23)36(26(35-24)22-7-3-16-33-25(22)30)21-10-8-20(9-11-21)29(31)14-4-15-29/h2-3,5-13,16-17H,4,14-15,31H2,1H3,(H2,30,33)(H,32,37). The maximum Gasteiger partial charge on any atom is 0.251 e. The van der Waals surface area contributed by atoms with E-state index in [1.54, 1.807) is 19.3 Å².